The highest BCUT2D eigenvalue weighted by molar-refractivity contribution is 5.97. The second-order valence-corrected chi connectivity index (χ2v) is 6.59. The SMILES string of the molecule is COc1cc(C)ccc1C(=O)N1CCC(Cc2cc(F)cc(F)c2)C1. The van der Waals surface area contributed by atoms with Crippen LogP contribution >= 0.6 is 0 Å². The van der Waals surface area contributed by atoms with Gasteiger partial charge < -0.3 is 9.64 Å². The molecule has 1 atom stereocenters. The van der Waals surface area contributed by atoms with Gasteiger partial charge in [0.05, 0.1) is 12.7 Å². The van der Waals surface area contributed by atoms with Crippen molar-refractivity contribution in [2.75, 3.05) is 20.2 Å². The Kier molecular flexibility index (Phi) is 5.02. The number of aryl methyl sites for hydroxylation is 1. The van der Waals surface area contributed by atoms with E-state index in [1.54, 1.807) is 18.1 Å². The van der Waals surface area contributed by atoms with Crippen molar-refractivity contribution in [2.24, 2.45) is 5.92 Å². The van der Waals surface area contributed by atoms with Crippen molar-refractivity contribution in [2.45, 2.75) is 19.8 Å². The summed E-state index contributed by atoms with van der Waals surface area (Å²) < 4.78 is 32.0. The molecule has 3 rings (SSSR count). The first-order valence-corrected chi connectivity index (χ1v) is 8.35. The molecule has 0 spiro atoms. The van der Waals surface area contributed by atoms with Crippen LogP contribution in [-0.4, -0.2) is 31.0 Å². The first-order chi connectivity index (χ1) is 12.0. The number of carbonyl (C=O) groups excluding carboxylic acids is 1. The van der Waals surface area contributed by atoms with Crippen molar-refractivity contribution in [3.05, 3.63) is 64.7 Å². The molecule has 0 bridgehead atoms. The molecule has 3 nitrogen and oxygen atoms in total. The van der Waals surface area contributed by atoms with E-state index in [-0.39, 0.29) is 11.8 Å². The Labute approximate surface area is 146 Å². The lowest BCUT2D eigenvalue weighted by atomic mass is 9.98. The predicted molar refractivity (Wildman–Crippen MR) is 91.8 cm³/mol. The molecule has 2 aromatic rings. The molecular formula is C20H21F2NO2. The maximum atomic E-state index is 13.3. The summed E-state index contributed by atoms with van der Waals surface area (Å²) >= 11 is 0. The molecule has 0 N–H and O–H groups in total. The lowest BCUT2D eigenvalue weighted by Gasteiger charge is -2.18. The fourth-order valence-corrected chi connectivity index (χ4v) is 3.39. The van der Waals surface area contributed by atoms with Crippen LogP contribution in [0.4, 0.5) is 8.78 Å². The first-order valence-electron chi connectivity index (χ1n) is 8.35. The minimum absolute atomic E-state index is 0.0650. The molecule has 2 aromatic carbocycles. The molecule has 132 valence electrons. The van der Waals surface area contributed by atoms with Crippen LogP contribution in [0.15, 0.2) is 36.4 Å². The number of ether oxygens (including phenoxy) is 1. The average molecular weight is 345 g/mol. The molecule has 1 amide bonds. The highest BCUT2D eigenvalue weighted by atomic mass is 19.1. The molecule has 0 aliphatic carbocycles. The second-order valence-electron chi connectivity index (χ2n) is 6.59. The minimum atomic E-state index is -0.565. The van der Waals surface area contributed by atoms with Crippen molar-refractivity contribution in [3.63, 3.8) is 0 Å². The van der Waals surface area contributed by atoms with Crippen molar-refractivity contribution in [1.82, 2.24) is 4.90 Å². The van der Waals surface area contributed by atoms with Crippen LogP contribution in [-0.2, 0) is 6.42 Å². The third kappa shape index (κ3) is 3.98. The van der Waals surface area contributed by atoms with Crippen LogP contribution in [0.5, 0.6) is 5.75 Å². The van der Waals surface area contributed by atoms with E-state index in [1.165, 1.54) is 12.1 Å². The summed E-state index contributed by atoms with van der Waals surface area (Å²) in [7, 11) is 1.55. The third-order valence-electron chi connectivity index (χ3n) is 4.61. The number of hydrogen-bond donors (Lipinski definition) is 0. The summed E-state index contributed by atoms with van der Waals surface area (Å²) in [5, 5.41) is 0. The van der Waals surface area contributed by atoms with Gasteiger partial charge in [-0.1, -0.05) is 6.07 Å². The van der Waals surface area contributed by atoms with E-state index in [4.69, 9.17) is 4.74 Å². The van der Waals surface area contributed by atoms with E-state index in [0.717, 1.165) is 18.1 Å². The Morgan fingerprint density at radius 1 is 1.20 bits per heavy atom. The Bertz CT molecular complexity index is 771. The van der Waals surface area contributed by atoms with E-state index in [1.807, 2.05) is 19.1 Å². The van der Waals surface area contributed by atoms with Gasteiger partial charge in [-0.2, -0.15) is 0 Å². The number of hydrogen-bond acceptors (Lipinski definition) is 2. The molecule has 1 saturated heterocycles. The van der Waals surface area contributed by atoms with Gasteiger partial charge in [-0.25, -0.2) is 8.78 Å². The summed E-state index contributed by atoms with van der Waals surface area (Å²) in [5.74, 6) is -0.428. The van der Waals surface area contributed by atoms with Gasteiger partial charge in [0.25, 0.3) is 5.91 Å². The van der Waals surface area contributed by atoms with Gasteiger partial charge >= 0.3 is 0 Å². The Balaban J connectivity index is 1.69. The molecule has 25 heavy (non-hydrogen) atoms. The summed E-state index contributed by atoms with van der Waals surface area (Å²) in [5.41, 5.74) is 2.20. The number of benzene rings is 2. The van der Waals surface area contributed by atoms with Crippen LogP contribution < -0.4 is 4.74 Å². The van der Waals surface area contributed by atoms with Crippen LogP contribution in [0, 0.1) is 24.5 Å². The molecule has 1 heterocycles. The number of methoxy groups -OCH3 is 1. The number of nitrogens with zero attached hydrogens (tertiary/aromatic N) is 1. The first kappa shape index (κ1) is 17.4. The topological polar surface area (TPSA) is 29.5 Å². The molecular weight excluding hydrogens is 324 g/mol. The molecule has 0 aromatic heterocycles. The zero-order valence-corrected chi connectivity index (χ0v) is 14.4. The van der Waals surface area contributed by atoms with Gasteiger partial charge in [0, 0.05) is 19.2 Å². The smallest absolute Gasteiger partial charge is 0.257 e. The quantitative estimate of drug-likeness (QED) is 0.839. The van der Waals surface area contributed by atoms with Gasteiger partial charge in [-0.05, 0) is 61.1 Å². The maximum Gasteiger partial charge on any atom is 0.257 e. The van der Waals surface area contributed by atoms with Crippen molar-refractivity contribution in [3.8, 4) is 5.75 Å². The zero-order valence-electron chi connectivity index (χ0n) is 14.4. The highest BCUT2D eigenvalue weighted by Crippen LogP contribution is 2.27. The van der Waals surface area contributed by atoms with Crippen LogP contribution in [0.1, 0.15) is 27.9 Å². The van der Waals surface area contributed by atoms with Gasteiger partial charge in [0.1, 0.15) is 17.4 Å². The fraction of sp³-hybridized carbons (Fsp3) is 0.350. The van der Waals surface area contributed by atoms with E-state index < -0.39 is 11.6 Å². The zero-order chi connectivity index (χ0) is 18.0. The number of rotatable bonds is 4. The Morgan fingerprint density at radius 3 is 2.60 bits per heavy atom. The summed E-state index contributed by atoms with van der Waals surface area (Å²) in [6, 6.07) is 9.10. The monoisotopic (exact) mass is 345 g/mol. The van der Waals surface area contributed by atoms with E-state index in [0.29, 0.717) is 36.4 Å². The van der Waals surface area contributed by atoms with E-state index in [9.17, 15) is 13.6 Å². The molecule has 1 aliphatic rings. The maximum absolute atomic E-state index is 13.3. The number of likely N-dealkylation sites (tertiary alicyclic amines) is 1. The highest BCUT2D eigenvalue weighted by Gasteiger charge is 2.28. The number of carbonyl (C=O) groups is 1. The number of halogens is 2. The fourth-order valence-electron chi connectivity index (χ4n) is 3.39. The average Bonchev–Trinajstić information content (AvgIpc) is 3.01. The van der Waals surface area contributed by atoms with Crippen molar-refractivity contribution in [1.29, 1.82) is 0 Å². The van der Waals surface area contributed by atoms with E-state index in [2.05, 4.69) is 0 Å². The molecule has 0 radical (unpaired) electrons. The number of amides is 1. The molecule has 1 fully saturated rings. The minimum Gasteiger partial charge on any atom is -0.496 e. The lowest BCUT2D eigenvalue weighted by molar-refractivity contribution is 0.0783. The Hall–Kier alpha value is -2.43. The van der Waals surface area contributed by atoms with E-state index >= 15 is 0 Å². The van der Waals surface area contributed by atoms with Crippen LogP contribution in [0.25, 0.3) is 0 Å². The van der Waals surface area contributed by atoms with Gasteiger partial charge in [-0.15, -0.1) is 0 Å². The van der Waals surface area contributed by atoms with Crippen molar-refractivity contribution < 1.29 is 18.3 Å². The summed E-state index contributed by atoms with van der Waals surface area (Å²) in [6.45, 7) is 3.16. The third-order valence-corrected chi connectivity index (χ3v) is 4.61. The summed E-state index contributed by atoms with van der Waals surface area (Å²) in [6.07, 6.45) is 1.38. The summed E-state index contributed by atoms with van der Waals surface area (Å²) in [4.78, 5) is 14.6. The largest absolute Gasteiger partial charge is 0.496 e. The van der Waals surface area contributed by atoms with Gasteiger partial charge in [0.15, 0.2) is 0 Å². The standard InChI is InChI=1S/C20H21F2NO2/c1-13-3-4-18(19(7-13)25-2)20(24)23-6-5-14(12-23)8-15-9-16(21)11-17(22)10-15/h3-4,7,9-11,14H,5-6,8,12H2,1-2H3. The van der Waals surface area contributed by atoms with Crippen LogP contribution in [0.3, 0.4) is 0 Å². The molecule has 0 saturated carbocycles. The lowest BCUT2D eigenvalue weighted by Crippen LogP contribution is -2.29. The Morgan fingerprint density at radius 2 is 1.92 bits per heavy atom. The van der Waals surface area contributed by atoms with Gasteiger partial charge in [0.2, 0.25) is 0 Å². The van der Waals surface area contributed by atoms with Crippen LogP contribution in [0.2, 0.25) is 0 Å². The molecule has 1 aliphatic heterocycles. The van der Waals surface area contributed by atoms with Gasteiger partial charge in [-0.3, -0.25) is 4.79 Å². The second kappa shape index (κ2) is 7.21. The molecule has 1 unspecified atom stereocenters. The van der Waals surface area contributed by atoms with Crippen molar-refractivity contribution >= 4 is 5.91 Å². The normalized spacial score (nSPS) is 17.0. The molecule has 5 heteroatoms. The predicted octanol–water partition coefficient (Wildman–Crippen LogP) is 3.99.